The molecule has 0 fully saturated rings. The second-order valence-corrected chi connectivity index (χ2v) is 3.93. The molecule has 0 aliphatic carbocycles. The molecule has 3 nitrogen and oxygen atoms in total. The van der Waals surface area contributed by atoms with E-state index in [1.807, 2.05) is 22.6 Å². The highest BCUT2D eigenvalue weighted by molar-refractivity contribution is 14.1. The van der Waals surface area contributed by atoms with Gasteiger partial charge in [-0.05, 0) is 28.7 Å². The summed E-state index contributed by atoms with van der Waals surface area (Å²) in [4.78, 5) is 3.88. The van der Waals surface area contributed by atoms with E-state index in [1.54, 1.807) is 11.7 Å². The molecule has 0 atom stereocenters. The molecule has 68 valence electrons. The van der Waals surface area contributed by atoms with Gasteiger partial charge in [0, 0.05) is 7.05 Å². The molecule has 6 heteroatoms. The molecule has 0 aromatic carbocycles. The lowest BCUT2D eigenvalue weighted by molar-refractivity contribution is 0.624. The van der Waals surface area contributed by atoms with E-state index in [0.717, 1.165) is 3.70 Å². The van der Waals surface area contributed by atoms with Crippen LogP contribution in [0.2, 0.25) is 5.15 Å². The van der Waals surface area contributed by atoms with Gasteiger partial charge in [0.2, 0.25) is 0 Å². The number of pyridine rings is 1. The van der Waals surface area contributed by atoms with Gasteiger partial charge in [0.15, 0.2) is 16.6 Å². The molecule has 0 saturated heterocycles. The number of aryl methyl sites for hydroxylation is 1. The average molecular weight is 311 g/mol. The fourth-order valence-electron chi connectivity index (χ4n) is 1.09. The molecule has 2 aromatic heterocycles. The third-order valence-corrected chi connectivity index (χ3v) is 2.74. The van der Waals surface area contributed by atoms with Crippen molar-refractivity contribution < 1.29 is 4.39 Å². The van der Waals surface area contributed by atoms with E-state index in [9.17, 15) is 4.39 Å². The lowest BCUT2D eigenvalue weighted by Crippen LogP contribution is -1.92. The first-order valence-electron chi connectivity index (χ1n) is 3.44. The normalized spacial score (nSPS) is 11.1. The number of fused-ring (bicyclic) bond motifs is 1. The fourth-order valence-corrected chi connectivity index (χ4v) is 1.94. The predicted molar refractivity (Wildman–Crippen MR) is 56.2 cm³/mol. The molecule has 2 aromatic rings. The molecule has 2 heterocycles. The van der Waals surface area contributed by atoms with Gasteiger partial charge in [-0.25, -0.2) is 14.1 Å². The van der Waals surface area contributed by atoms with Gasteiger partial charge >= 0.3 is 0 Å². The van der Waals surface area contributed by atoms with E-state index in [-0.39, 0.29) is 5.15 Å². The van der Waals surface area contributed by atoms with Gasteiger partial charge < -0.3 is 0 Å². The Labute approximate surface area is 92.0 Å². The number of aromatic nitrogens is 3. The Morgan fingerprint density at radius 3 is 3.00 bits per heavy atom. The van der Waals surface area contributed by atoms with E-state index >= 15 is 0 Å². The van der Waals surface area contributed by atoms with E-state index in [4.69, 9.17) is 11.6 Å². The number of hydrogen-bond acceptors (Lipinski definition) is 2. The molecule has 0 amide bonds. The minimum absolute atomic E-state index is 0.119. The topological polar surface area (TPSA) is 30.7 Å². The van der Waals surface area contributed by atoms with Crippen LogP contribution >= 0.6 is 34.2 Å². The van der Waals surface area contributed by atoms with Crippen molar-refractivity contribution in [1.82, 2.24) is 14.8 Å². The summed E-state index contributed by atoms with van der Waals surface area (Å²) in [5.74, 6) is -0.514. The van der Waals surface area contributed by atoms with Crippen LogP contribution in [-0.4, -0.2) is 14.8 Å². The second-order valence-electron chi connectivity index (χ2n) is 2.55. The van der Waals surface area contributed by atoms with Crippen molar-refractivity contribution >= 4 is 45.2 Å². The average Bonchev–Trinajstić information content (AvgIpc) is 2.31. The van der Waals surface area contributed by atoms with Gasteiger partial charge in [-0.3, -0.25) is 0 Å². The zero-order valence-electron chi connectivity index (χ0n) is 6.55. The van der Waals surface area contributed by atoms with Crippen molar-refractivity contribution in [1.29, 1.82) is 0 Å². The summed E-state index contributed by atoms with van der Waals surface area (Å²) in [6, 6.07) is 1.35. The van der Waals surface area contributed by atoms with E-state index < -0.39 is 5.82 Å². The maximum absolute atomic E-state index is 13.0. The van der Waals surface area contributed by atoms with Gasteiger partial charge in [-0.2, -0.15) is 5.10 Å². The number of halogens is 3. The lowest BCUT2D eigenvalue weighted by Gasteiger charge is -1.94. The van der Waals surface area contributed by atoms with Crippen molar-refractivity contribution in [3.05, 3.63) is 20.7 Å². The van der Waals surface area contributed by atoms with Gasteiger partial charge in [-0.15, -0.1) is 0 Å². The van der Waals surface area contributed by atoms with E-state index in [2.05, 4.69) is 10.1 Å². The molecule has 0 N–H and O–H groups in total. The first-order chi connectivity index (χ1) is 6.09. The molecule has 0 bridgehead atoms. The van der Waals surface area contributed by atoms with Crippen LogP contribution in [-0.2, 0) is 7.05 Å². The smallest absolute Gasteiger partial charge is 0.167 e. The molecular formula is C7H4ClFIN3. The Kier molecular flexibility index (Phi) is 2.15. The Balaban J connectivity index is 2.91. The van der Waals surface area contributed by atoms with Crippen LogP contribution in [0.5, 0.6) is 0 Å². The molecule has 0 aliphatic rings. The highest BCUT2D eigenvalue weighted by Gasteiger charge is 2.11. The van der Waals surface area contributed by atoms with Crippen molar-refractivity contribution in [2.45, 2.75) is 0 Å². The largest absolute Gasteiger partial charge is 0.249 e. The Bertz CT molecular complexity index is 440. The standard InChI is InChI=1S/C7H4ClFIN3/c1-13-7-3(6(10)12-13)2-4(9)5(8)11-7/h2H,1H3. The molecule has 0 saturated carbocycles. The summed E-state index contributed by atoms with van der Waals surface area (Å²) >= 11 is 7.56. The molecule has 2 rings (SSSR count). The highest BCUT2D eigenvalue weighted by Crippen LogP contribution is 2.22. The van der Waals surface area contributed by atoms with Crippen LogP contribution in [0.1, 0.15) is 0 Å². The Morgan fingerprint density at radius 2 is 2.31 bits per heavy atom. The molecule has 0 spiro atoms. The zero-order valence-corrected chi connectivity index (χ0v) is 9.47. The van der Waals surface area contributed by atoms with Crippen molar-refractivity contribution in [3.8, 4) is 0 Å². The minimum atomic E-state index is -0.514. The number of hydrogen-bond donors (Lipinski definition) is 0. The maximum atomic E-state index is 13.0. The first kappa shape index (κ1) is 9.14. The quantitative estimate of drug-likeness (QED) is 0.552. The monoisotopic (exact) mass is 311 g/mol. The fraction of sp³-hybridized carbons (Fsp3) is 0.143. The van der Waals surface area contributed by atoms with E-state index in [0.29, 0.717) is 11.0 Å². The van der Waals surface area contributed by atoms with Gasteiger partial charge in [-0.1, -0.05) is 11.6 Å². The third kappa shape index (κ3) is 1.39. The summed E-state index contributed by atoms with van der Waals surface area (Å²) in [6.45, 7) is 0. The van der Waals surface area contributed by atoms with Gasteiger partial charge in [0.1, 0.15) is 3.70 Å². The maximum Gasteiger partial charge on any atom is 0.167 e. The van der Waals surface area contributed by atoms with Crippen LogP contribution in [0.25, 0.3) is 11.0 Å². The number of nitrogens with zero attached hydrogens (tertiary/aromatic N) is 3. The SMILES string of the molecule is Cn1nc(I)c2cc(F)c(Cl)nc21. The Morgan fingerprint density at radius 1 is 1.62 bits per heavy atom. The van der Waals surface area contributed by atoms with E-state index in [1.165, 1.54) is 6.07 Å². The van der Waals surface area contributed by atoms with Crippen molar-refractivity contribution in [3.63, 3.8) is 0 Å². The minimum Gasteiger partial charge on any atom is -0.249 e. The van der Waals surface area contributed by atoms with Crippen LogP contribution in [0.3, 0.4) is 0 Å². The van der Waals surface area contributed by atoms with Crippen LogP contribution in [0.4, 0.5) is 4.39 Å². The molecule has 0 unspecified atom stereocenters. The van der Waals surface area contributed by atoms with Crippen molar-refractivity contribution in [2.24, 2.45) is 7.05 Å². The molecule has 0 aliphatic heterocycles. The predicted octanol–water partition coefficient (Wildman–Crippen LogP) is 2.37. The summed E-state index contributed by atoms with van der Waals surface area (Å²) in [7, 11) is 1.74. The summed E-state index contributed by atoms with van der Waals surface area (Å²) in [5, 5.41) is 4.65. The van der Waals surface area contributed by atoms with Crippen LogP contribution in [0.15, 0.2) is 6.07 Å². The van der Waals surface area contributed by atoms with Gasteiger partial charge in [0.05, 0.1) is 5.39 Å². The second kappa shape index (κ2) is 3.06. The van der Waals surface area contributed by atoms with Gasteiger partial charge in [0.25, 0.3) is 0 Å². The zero-order chi connectivity index (χ0) is 9.59. The van der Waals surface area contributed by atoms with Crippen molar-refractivity contribution in [2.75, 3.05) is 0 Å². The summed E-state index contributed by atoms with van der Waals surface area (Å²) in [6.07, 6.45) is 0. The molecule has 13 heavy (non-hydrogen) atoms. The Hall–Kier alpha value is -0.430. The molecule has 0 radical (unpaired) electrons. The lowest BCUT2D eigenvalue weighted by atomic mass is 10.3. The summed E-state index contributed by atoms with van der Waals surface area (Å²) < 4.78 is 15.3. The third-order valence-electron chi connectivity index (χ3n) is 1.68. The number of rotatable bonds is 0. The van der Waals surface area contributed by atoms with Crippen LogP contribution < -0.4 is 0 Å². The highest BCUT2D eigenvalue weighted by atomic mass is 127. The summed E-state index contributed by atoms with van der Waals surface area (Å²) in [5.41, 5.74) is 0.593. The van der Waals surface area contributed by atoms with Crippen LogP contribution in [0, 0.1) is 9.52 Å². The molecular weight excluding hydrogens is 307 g/mol. The first-order valence-corrected chi connectivity index (χ1v) is 4.89.